The molecule has 6 heteroatoms. The van der Waals surface area contributed by atoms with E-state index in [-0.39, 0.29) is 5.91 Å². The van der Waals surface area contributed by atoms with E-state index in [2.05, 4.69) is 61.1 Å². The number of aromatic nitrogens is 2. The monoisotopic (exact) mass is 533 g/mol. The average molecular weight is 534 g/mol. The third-order valence-electron chi connectivity index (χ3n) is 8.64. The largest absolute Gasteiger partial charge is 0.481 e. The number of amides is 1. The molecule has 39 heavy (non-hydrogen) atoms. The summed E-state index contributed by atoms with van der Waals surface area (Å²) in [6, 6.07) is 4.15. The Morgan fingerprint density at radius 3 is 2.77 bits per heavy atom. The fourth-order valence-electron chi connectivity index (χ4n) is 6.23. The quantitative estimate of drug-likeness (QED) is 0.325. The molecule has 6 nitrogen and oxygen atoms in total. The molecule has 4 heterocycles. The van der Waals surface area contributed by atoms with E-state index in [1.807, 2.05) is 18.0 Å². The van der Waals surface area contributed by atoms with Crippen LogP contribution >= 0.6 is 0 Å². The molecule has 4 rings (SSSR count). The lowest BCUT2D eigenvalue weighted by Crippen LogP contribution is -2.38. The molecule has 2 atom stereocenters. The van der Waals surface area contributed by atoms with E-state index in [1.165, 1.54) is 22.3 Å². The van der Waals surface area contributed by atoms with E-state index >= 15 is 0 Å². The molecule has 0 aromatic carbocycles. The molecular weight excluding hydrogens is 486 g/mol. The maximum absolute atomic E-state index is 12.3. The highest BCUT2D eigenvalue weighted by Gasteiger charge is 2.25. The highest BCUT2D eigenvalue weighted by Crippen LogP contribution is 2.33. The highest BCUT2D eigenvalue weighted by atomic mass is 16.5. The number of methoxy groups -OCH3 is 1. The second-order valence-electron chi connectivity index (χ2n) is 11.3. The number of piperidine rings is 1. The van der Waals surface area contributed by atoms with Crippen molar-refractivity contribution in [2.24, 2.45) is 17.8 Å². The van der Waals surface area contributed by atoms with Gasteiger partial charge in [-0.25, -0.2) is 0 Å². The van der Waals surface area contributed by atoms with Crippen molar-refractivity contribution in [3.63, 3.8) is 0 Å². The van der Waals surface area contributed by atoms with Crippen LogP contribution in [0.15, 0.2) is 47.7 Å². The van der Waals surface area contributed by atoms with Crippen molar-refractivity contribution in [3.05, 3.63) is 53.3 Å². The van der Waals surface area contributed by atoms with Gasteiger partial charge in [0.05, 0.1) is 7.11 Å². The Hall–Kier alpha value is -2.86. The van der Waals surface area contributed by atoms with E-state index in [0.717, 1.165) is 75.9 Å². The number of H-pyrrole nitrogens is 1. The minimum absolute atomic E-state index is 0.279. The second kappa shape index (κ2) is 14.0. The van der Waals surface area contributed by atoms with Gasteiger partial charge in [-0.2, -0.15) is 4.98 Å². The molecule has 2 saturated heterocycles. The number of nitrogens with one attached hydrogen (secondary N) is 1. The minimum Gasteiger partial charge on any atom is -0.481 e. The van der Waals surface area contributed by atoms with Crippen LogP contribution in [0.2, 0.25) is 0 Å². The Morgan fingerprint density at radius 2 is 2.08 bits per heavy atom. The Morgan fingerprint density at radius 1 is 1.28 bits per heavy atom. The lowest BCUT2D eigenvalue weighted by Gasteiger charge is -2.33. The summed E-state index contributed by atoms with van der Waals surface area (Å²) in [7, 11) is 1.67. The third kappa shape index (κ3) is 7.42. The van der Waals surface area contributed by atoms with Gasteiger partial charge in [-0.05, 0) is 92.9 Å². The number of hydrogen-bond acceptors (Lipinski definition) is 4. The highest BCUT2D eigenvalue weighted by molar-refractivity contribution is 5.90. The molecule has 0 aliphatic carbocycles. The van der Waals surface area contributed by atoms with Crippen molar-refractivity contribution in [2.75, 3.05) is 33.4 Å². The zero-order valence-corrected chi connectivity index (χ0v) is 24.6. The first-order valence-electron chi connectivity index (χ1n) is 14.8. The minimum atomic E-state index is 0.279. The number of nitrogens with zero attached hydrogens (tertiary/aromatic N) is 2. The molecule has 2 fully saturated rings. The number of rotatable bonds is 10. The molecular formula is C33H47N3O3. The predicted molar refractivity (Wildman–Crippen MR) is 160 cm³/mol. The molecule has 1 N–H and O–H groups in total. The van der Waals surface area contributed by atoms with Gasteiger partial charge in [0.15, 0.2) is 0 Å². The number of fused-ring (bicyclic) bond motifs is 1. The van der Waals surface area contributed by atoms with Crippen LogP contribution in [-0.2, 0) is 9.53 Å². The number of carbonyl (C=O) groups is 1. The molecule has 2 aliphatic rings. The molecule has 2 aromatic heterocycles. The maximum atomic E-state index is 12.3. The summed E-state index contributed by atoms with van der Waals surface area (Å²) in [5, 5.41) is 1.13. The lowest BCUT2D eigenvalue weighted by atomic mass is 9.82. The van der Waals surface area contributed by atoms with Crippen LogP contribution in [0, 0.1) is 17.8 Å². The van der Waals surface area contributed by atoms with Gasteiger partial charge in [-0.1, -0.05) is 37.6 Å². The Kier molecular flexibility index (Phi) is 10.4. The van der Waals surface area contributed by atoms with Crippen LogP contribution in [0.3, 0.4) is 0 Å². The first-order chi connectivity index (χ1) is 18.9. The van der Waals surface area contributed by atoms with Crippen LogP contribution in [0.5, 0.6) is 5.88 Å². The smallest absolute Gasteiger partial charge is 0.222 e. The van der Waals surface area contributed by atoms with Gasteiger partial charge in [0.1, 0.15) is 5.65 Å². The summed E-state index contributed by atoms with van der Waals surface area (Å²) in [5.41, 5.74) is 6.25. The third-order valence-corrected chi connectivity index (χ3v) is 8.64. The van der Waals surface area contributed by atoms with Gasteiger partial charge >= 0.3 is 0 Å². The molecule has 2 aliphatic heterocycles. The molecule has 1 amide bonds. The van der Waals surface area contributed by atoms with Gasteiger partial charge in [0, 0.05) is 50.4 Å². The Labute approximate surface area is 234 Å². The summed E-state index contributed by atoms with van der Waals surface area (Å²) >= 11 is 0. The van der Waals surface area contributed by atoms with Crippen LogP contribution < -0.4 is 4.74 Å². The zero-order chi connectivity index (χ0) is 27.8. The molecule has 0 bridgehead atoms. The van der Waals surface area contributed by atoms with Gasteiger partial charge in [0.25, 0.3) is 0 Å². The molecule has 1 unspecified atom stereocenters. The van der Waals surface area contributed by atoms with Crippen molar-refractivity contribution >= 4 is 22.5 Å². The van der Waals surface area contributed by atoms with E-state index in [9.17, 15) is 4.79 Å². The second-order valence-corrected chi connectivity index (χ2v) is 11.3. The zero-order valence-electron chi connectivity index (χ0n) is 24.6. The summed E-state index contributed by atoms with van der Waals surface area (Å²) < 4.78 is 11.2. The van der Waals surface area contributed by atoms with Gasteiger partial charge < -0.3 is 19.4 Å². The molecule has 0 spiro atoms. The number of carbonyl (C=O) groups excluding carboxylic acids is 1. The van der Waals surface area contributed by atoms with Gasteiger partial charge in [0.2, 0.25) is 11.8 Å². The topological polar surface area (TPSA) is 67.4 Å². The molecule has 212 valence electrons. The predicted octanol–water partition coefficient (Wildman–Crippen LogP) is 7.34. The van der Waals surface area contributed by atoms with Crippen LogP contribution in [0.4, 0.5) is 0 Å². The first kappa shape index (κ1) is 29.1. The Bertz CT molecular complexity index is 1200. The summed E-state index contributed by atoms with van der Waals surface area (Å²) in [5.74, 6) is 2.71. The summed E-state index contributed by atoms with van der Waals surface area (Å²) in [4.78, 5) is 22.1. The number of allylic oxidation sites excluding steroid dienone is 6. The average Bonchev–Trinajstić information content (AvgIpc) is 3.44. The van der Waals surface area contributed by atoms with Gasteiger partial charge in [-0.15, -0.1) is 0 Å². The van der Waals surface area contributed by atoms with Gasteiger partial charge in [-0.3, -0.25) is 4.79 Å². The van der Waals surface area contributed by atoms with Crippen molar-refractivity contribution in [1.29, 1.82) is 0 Å². The number of aromatic amines is 1. The lowest BCUT2D eigenvalue weighted by molar-refractivity contribution is -0.132. The maximum Gasteiger partial charge on any atom is 0.222 e. The SMILES string of the molecule is C/C=C(/CC/C=C(/C=C(\C)CC1CCOC[C@H]1C)C1CCN(C(=O)CC)CC1)c1cc(OC)nc2[nH]ccc12. The molecule has 2 aromatic rings. The normalized spacial score (nSPS) is 22.0. The van der Waals surface area contributed by atoms with Crippen molar-refractivity contribution in [3.8, 4) is 5.88 Å². The summed E-state index contributed by atoms with van der Waals surface area (Å²) in [6.45, 7) is 12.2. The summed E-state index contributed by atoms with van der Waals surface area (Å²) in [6.07, 6.45) is 16.0. The van der Waals surface area contributed by atoms with Crippen molar-refractivity contribution in [2.45, 2.75) is 72.6 Å². The van der Waals surface area contributed by atoms with Crippen LogP contribution in [0.25, 0.3) is 16.6 Å². The van der Waals surface area contributed by atoms with E-state index in [1.54, 1.807) is 7.11 Å². The number of ether oxygens (including phenoxy) is 2. The van der Waals surface area contributed by atoms with Crippen molar-refractivity contribution < 1.29 is 14.3 Å². The van der Waals surface area contributed by atoms with E-state index in [0.29, 0.717) is 30.1 Å². The molecule has 0 saturated carbocycles. The molecule has 0 radical (unpaired) electrons. The standard InChI is InChI=1S/C33H47N3O3/c1-6-25(30-21-31(38-5)35-33-29(30)11-15-34-33)9-8-10-28(26-12-16-36(17-13-26)32(37)7-2)20-23(3)19-27-14-18-39-22-24(27)4/h6,10-11,15,20-21,24,26-27H,7-9,12-14,16-19,22H2,1-5H3,(H,34,35)/b23-20+,25-6-,28-10-/t24-,27?/m1/s1. The number of hydrogen-bond donors (Lipinski definition) is 1. The van der Waals surface area contributed by atoms with E-state index in [4.69, 9.17) is 9.47 Å². The number of pyridine rings is 1. The van der Waals surface area contributed by atoms with Crippen LogP contribution in [0.1, 0.15) is 78.2 Å². The van der Waals surface area contributed by atoms with E-state index < -0.39 is 0 Å². The fourth-order valence-corrected chi connectivity index (χ4v) is 6.23. The first-order valence-corrected chi connectivity index (χ1v) is 14.8. The number of likely N-dealkylation sites (tertiary alicyclic amines) is 1. The van der Waals surface area contributed by atoms with Crippen LogP contribution in [-0.4, -0.2) is 54.2 Å². The Balaban J connectivity index is 1.52. The van der Waals surface area contributed by atoms with Crippen molar-refractivity contribution in [1.82, 2.24) is 14.9 Å². The fraction of sp³-hybridized carbons (Fsp3) is 0.576.